The van der Waals surface area contributed by atoms with Gasteiger partial charge in [0.15, 0.2) is 16.5 Å². The van der Waals surface area contributed by atoms with E-state index in [1.807, 2.05) is 31.2 Å². The Bertz CT molecular complexity index is 1700. The standard InChI is InChI=1S/C25H18ClN3O5S/c1-2-33-21-12-16(11-18(26)23(21)34-14-15-6-5-7-17(10-15)29(31)32)13-22-24(30)28-20-9-4-3-8-19(20)27-25(28)35-22/h3-13H,2,14H2,1H3. The van der Waals surface area contributed by atoms with Crippen molar-refractivity contribution in [3.05, 3.63) is 102 Å². The maximum Gasteiger partial charge on any atom is 0.274 e. The van der Waals surface area contributed by atoms with Gasteiger partial charge in [-0.25, -0.2) is 9.38 Å². The number of para-hydroxylation sites is 2. The fourth-order valence-corrected chi connectivity index (χ4v) is 5.01. The Balaban J connectivity index is 1.50. The molecule has 0 amide bonds. The van der Waals surface area contributed by atoms with Crippen LogP contribution in [0.1, 0.15) is 18.1 Å². The molecule has 176 valence electrons. The highest BCUT2D eigenvalue weighted by atomic mass is 35.5. The highest BCUT2D eigenvalue weighted by Gasteiger charge is 2.15. The summed E-state index contributed by atoms with van der Waals surface area (Å²) in [6.07, 6.45) is 1.75. The Morgan fingerprint density at radius 2 is 1.97 bits per heavy atom. The summed E-state index contributed by atoms with van der Waals surface area (Å²) in [6, 6.07) is 17.1. The lowest BCUT2D eigenvalue weighted by atomic mass is 10.2. The highest BCUT2D eigenvalue weighted by molar-refractivity contribution is 7.15. The number of rotatable bonds is 7. The molecular weight excluding hydrogens is 490 g/mol. The van der Waals surface area contributed by atoms with Crippen molar-refractivity contribution in [3.63, 3.8) is 0 Å². The molecule has 0 radical (unpaired) electrons. The van der Waals surface area contributed by atoms with Gasteiger partial charge in [-0.3, -0.25) is 14.9 Å². The van der Waals surface area contributed by atoms with Crippen LogP contribution < -0.4 is 19.6 Å². The third-order valence-corrected chi connectivity index (χ3v) is 6.53. The third-order valence-electron chi connectivity index (χ3n) is 5.28. The number of nitro groups is 1. The number of imidazole rings is 1. The largest absolute Gasteiger partial charge is 0.490 e. The minimum absolute atomic E-state index is 0.0179. The van der Waals surface area contributed by atoms with Gasteiger partial charge in [-0.2, -0.15) is 0 Å². The molecule has 8 nitrogen and oxygen atoms in total. The van der Waals surface area contributed by atoms with Gasteiger partial charge in [0.05, 0.1) is 32.1 Å². The maximum absolute atomic E-state index is 13.1. The molecule has 0 fully saturated rings. The summed E-state index contributed by atoms with van der Waals surface area (Å²) in [6.45, 7) is 2.28. The Hall–Kier alpha value is -3.95. The first kappa shape index (κ1) is 22.8. The van der Waals surface area contributed by atoms with Crippen LogP contribution >= 0.6 is 22.9 Å². The van der Waals surface area contributed by atoms with Crippen molar-refractivity contribution in [2.75, 3.05) is 6.61 Å². The topological polar surface area (TPSA) is 96.0 Å². The molecular formula is C25H18ClN3O5S. The van der Waals surface area contributed by atoms with Crippen molar-refractivity contribution in [2.45, 2.75) is 13.5 Å². The molecule has 5 rings (SSSR count). The summed E-state index contributed by atoms with van der Waals surface area (Å²) < 4.78 is 13.8. The summed E-state index contributed by atoms with van der Waals surface area (Å²) in [5, 5.41) is 11.3. The van der Waals surface area contributed by atoms with E-state index >= 15 is 0 Å². The lowest BCUT2D eigenvalue weighted by molar-refractivity contribution is -0.384. The number of benzene rings is 3. The van der Waals surface area contributed by atoms with E-state index in [0.717, 1.165) is 11.0 Å². The molecule has 0 aliphatic heterocycles. The predicted octanol–water partition coefficient (Wildman–Crippen LogP) is 5.00. The van der Waals surface area contributed by atoms with Crippen LogP contribution in [0, 0.1) is 10.1 Å². The zero-order valence-corrected chi connectivity index (χ0v) is 20.0. The molecule has 0 saturated carbocycles. The van der Waals surface area contributed by atoms with Gasteiger partial charge < -0.3 is 9.47 Å². The van der Waals surface area contributed by atoms with Gasteiger partial charge in [-0.05, 0) is 48.4 Å². The van der Waals surface area contributed by atoms with Crippen LogP contribution in [0.2, 0.25) is 5.02 Å². The van der Waals surface area contributed by atoms with Crippen molar-refractivity contribution in [1.82, 2.24) is 9.38 Å². The highest BCUT2D eigenvalue weighted by Crippen LogP contribution is 2.37. The molecule has 10 heteroatoms. The van der Waals surface area contributed by atoms with Crippen LogP contribution in [0.4, 0.5) is 5.69 Å². The van der Waals surface area contributed by atoms with E-state index in [1.54, 1.807) is 34.7 Å². The molecule has 5 aromatic rings. The van der Waals surface area contributed by atoms with Gasteiger partial charge in [0.2, 0.25) is 0 Å². The number of nitro benzene ring substituents is 1. The molecule has 2 aromatic heterocycles. The SMILES string of the molecule is CCOc1cc(C=c2sc3nc4ccccc4n3c2=O)cc(Cl)c1OCc1cccc([N+](=O)[O-])c1. The summed E-state index contributed by atoms with van der Waals surface area (Å²) in [4.78, 5) is 28.8. The van der Waals surface area contributed by atoms with Crippen LogP contribution in [-0.2, 0) is 6.61 Å². The molecule has 0 aliphatic rings. The van der Waals surface area contributed by atoms with E-state index in [1.165, 1.54) is 23.5 Å². The summed E-state index contributed by atoms with van der Waals surface area (Å²) in [7, 11) is 0. The second kappa shape index (κ2) is 9.36. The van der Waals surface area contributed by atoms with Crippen molar-refractivity contribution in [1.29, 1.82) is 0 Å². The lowest BCUT2D eigenvalue weighted by Gasteiger charge is -2.14. The maximum atomic E-state index is 13.1. The number of halogens is 1. The van der Waals surface area contributed by atoms with E-state index in [0.29, 0.717) is 43.7 Å². The van der Waals surface area contributed by atoms with Gasteiger partial charge in [0.25, 0.3) is 11.2 Å². The summed E-state index contributed by atoms with van der Waals surface area (Å²) >= 11 is 7.83. The molecule has 35 heavy (non-hydrogen) atoms. The molecule has 2 heterocycles. The number of fused-ring (bicyclic) bond motifs is 3. The normalized spacial score (nSPS) is 11.9. The van der Waals surface area contributed by atoms with Gasteiger partial charge in [0.1, 0.15) is 6.61 Å². The first-order chi connectivity index (χ1) is 16.9. The van der Waals surface area contributed by atoms with E-state index in [9.17, 15) is 14.9 Å². The zero-order chi connectivity index (χ0) is 24.5. The first-order valence-corrected chi connectivity index (χ1v) is 11.9. The number of ether oxygens (including phenoxy) is 2. The molecule has 0 saturated heterocycles. The fraction of sp³-hybridized carbons (Fsp3) is 0.120. The first-order valence-electron chi connectivity index (χ1n) is 10.7. The molecule has 0 unspecified atom stereocenters. The monoisotopic (exact) mass is 507 g/mol. The van der Waals surface area contributed by atoms with Crippen molar-refractivity contribution in [3.8, 4) is 11.5 Å². The molecule has 0 aliphatic carbocycles. The van der Waals surface area contributed by atoms with Crippen molar-refractivity contribution in [2.24, 2.45) is 0 Å². The van der Waals surface area contributed by atoms with Gasteiger partial charge in [-0.15, -0.1) is 0 Å². The Kier molecular flexibility index (Phi) is 6.10. The number of thiazole rings is 1. The fourth-order valence-electron chi connectivity index (χ4n) is 3.75. The third kappa shape index (κ3) is 4.43. The zero-order valence-electron chi connectivity index (χ0n) is 18.4. The molecule has 0 spiro atoms. The van der Waals surface area contributed by atoms with E-state index in [4.69, 9.17) is 21.1 Å². The lowest BCUT2D eigenvalue weighted by Crippen LogP contribution is -2.22. The average molecular weight is 508 g/mol. The number of aromatic nitrogens is 2. The number of nitrogens with zero attached hydrogens (tertiary/aromatic N) is 3. The van der Waals surface area contributed by atoms with Crippen LogP contribution in [-0.4, -0.2) is 20.9 Å². The van der Waals surface area contributed by atoms with E-state index in [2.05, 4.69) is 4.98 Å². The molecule has 3 aromatic carbocycles. The van der Waals surface area contributed by atoms with Crippen LogP contribution in [0.25, 0.3) is 22.1 Å². The van der Waals surface area contributed by atoms with Gasteiger partial charge >= 0.3 is 0 Å². The minimum atomic E-state index is -0.457. The Morgan fingerprint density at radius 1 is 1.14 bits per heavy atom. The van der Waals surface area contributed by atoms with Crippen molar-refractivity contribution >= 4 is 50.7 Å². The van der Waals surface area contributed by atoms with Crippen LogP contribution in [0.3, 0.4) is 0 Å². The Morgan fingerprint density at radius 3 is 2.77 bits per heavy atom. The number of hydrogen-bond donors (Lipinski definition) is 0. The van der Waals surface area contributed by atoms with Crippen molar-refractivity contribution < 1.29 is 14.4 Å². The van der Waals surface area contributed by atoms with Gasteiger partial charge in [-0.1, -0.05) is 47.2 Å². The van der Waals surface area contributed by atoms with Gasteiger partial charge in [0, 0.05) is 12.1 Å². The summed E-state index contributed by atoms with van der Waals surface area (Å²) in [5.41, 5.74) is 2.66. The Labute approximate surface area is 207 Å². The minimum Gasteiger partial charge on any atom is -0.490 e. The van der Waals surface area contributed by atoms with Crippen LogP contribution in [0.5, 0.6) is 11.5 Å². The quantitative estimate of drug-likeness (QED) is 0.227. The van der Waals surface area contributed by atoms with Crippen LogP contribution in [0.15, 0.2) is 65.5 Å². The molecule has 0 bridgehead atoms. The number of hydrogen-bond acceptors (Lipinski definition) is 7. The second-order valence-corrected chi connectivity index (χ2v) is 9.03. The predicted molar refractivity (Wildman–Crippen MR) is 136 cm³/mol. The molecule has 0 atom stereocenters. The van der Waals surface area contributed by atoms with E-state index < -0.39 is 4.92 Å². The van der Waals surface area contributed by atoms with E-state index in [-0.39, 0.29) is 17.9 Å². The second-order valence-electron chi connectivity index (χ2n) is 7.61. The molecule has 0 N–H and O–H groups in total. The smallest absolute Gasteiger partial charge is 0.274 e. The number of non-ortho nitro benzene ring substituents is 1. The average Bonchev–Trinajstić information content (AvgIpc) is 3.35. The summed E-state index contributed by atoms with van der Waals surface area (Å²) in [5.74, 6) is 0.738.